The van der Waals surface area contributed by atoms with E-state index in [0.717, 1.165) is 12.1 Å². The molecule has 0 N–H and O–H groups in total. The molecule has 1 rings (SSSR count). The molecule has 1 aromatic carbocycles. The van der Waals surface area contributed by atoms with E-state index in [2.05, 4.69) is 0 Å². The van der Waals surface area contributed by atoms with Gasteiger partial charge in [0.15, 0.2) is 0 Å². The number of nitro benzene ring substituents is 1. The Balaban J connectivity index is 3.49. The van der Waals surface area contributed by atoms with E-state index in [4.69, 9.17) is 11.6 Å². The zero-order chi connectivity index (χ0) is 11.8. The molecule has 0 aliphatic rings. The van der Waals surface area contributed by atoms with E-state index in [1.165, 1.54) is 0 Å². The van der Waals surface area contributed by atoms with E-state index in [-0.39, 0.29) is 3.57 Å². The molecule has 0 bridgehead atoms. The van der Waals surface area contributed by atoms with Crippen LogP contribution in [0, 0.1) is 13.7 Å². The lowest BCUT2D eigenvalue weighted by molar-refractivity contribution is -0.385. The van der Waals surface area contributed by atoms with Gasteiger partial charge in [-0.15, -0.1) is 0 Å². The maximum absolute atomic E-state index is 12.4. The Morgan fingerprint density at radius 3 is 2.33 bits per heavy atom. The standard InChI is InChI=1S/C7H2ClF3INO2/c8-6-4(7(9,10)11)1-3(12)2-5(6)13(14)15/h1-2H. The summed E-state index contributed by atoms with van der Waals surface area (Å²) in [5.74, 6) is 0. The third-order valence-corrected chi connectivity index (χ3v) is 2.54. The zero-order valence-electron chi connectivity index (χ0n) is 6.81. The minimum atomic E-state index is -4.69. The van der Waals surface area contributed by atoms with Crippen molar-refractivity contribution in [3.63, 3.8) is 0 Å². The number of nitrogens with zero attached hydrogens (tertiary/aromatic N) is 1. The molecule has 0 atom stereocenters. The molecule has 3 nitrogen and oxygen atoms in total. The van der Waals surface area contributed by atoms with Crippen LogP contribution in [0.4, 0.5) is 18.9 Å². The van der Waals surface area contributed by atoms with Gasteiger partial charge in [0.25, 0.3) is 5.69 Å². The maximum atomic E-state index is 12.4. The quantitative estimate of drug-likeness (QED) is 0.438. The van der Waals surface area contributed by atoms with Crippen LogP contribution in [-0.4, -0.2) is 4.92 Å². The molecular weight excluding hydrogens is 349 g/mol. The predicted molar refractivity (Wildman–Crippen MR) is 55.8 cm³/mol. The number of benzene rings is 1. The van der Waals surface area contributed by atoms with Crippen LogP contribution in [0.1, 0.15) is 5.56 Å². The third kappa shape index (κ3) is 2.71. The van der Waals surface area contributed by atoms with Gasteiger partial charge in [-0.3, -0.25) is 10.1 Å². The van der Waals surface area contributed by atoms with E-state index in [1.54, 1.807) is 22.6 Å². The van der Waals surface area contributed by atoms with Crippen molar-refractivity contribution in [2.75, 3.05) is 0 Å². The molecular formula is C7H2ClF3INO2. The zero-order valence-corrected chi connectivity index (χ0v) is 9.72. The normalized spacial score (nSPS) is 11.5. The Bertz CT molecular complexity index is 421. The second kappa shape index (κ2) is 4.12. The van der Waals surface area contributed by atoms with Gasteiger partial charge in [-0.25, -0.2) is 0 Å². The number of alkyl halides is 3. The highest BCUT2D eigenvalue weighted by molar-refractivity contribution is 14.1. The fraction of sp³-hybridized carbons (Fsp3) is 0.143. The van der Waals surface area contributed by atoms with Crippen molar-refractivity contribution in [3.8, 4) is 0 Å². The topological polar surface area (TPSA) is 43.1 Å². The van der Waals surface area contributed by atoms with Crippen LogP contribution in [0.5, 0.6) is 0 Å². The lowest BCUT2D eigenvalue weighted by atomic mass is 10.2. The van der Waals surface area contributed by atoms with Crippen LogP contribution >= 0.6 is 34.2 Å². The van der Waals surface area contributed by atoms with Gasteiger partial charge >= 0.3 is 6.18 Å². The number of halogens is 5. The van der Waals surface area contributed by atoms with Gasteiger partial charge in [-0.05, 0) is 28.7 Å². The van der Waals surface area contributed by atoms with Crippen molar-refractivity contribution in [2.45, 2.75) is 6.18 Å². The van der Waals surface area contributed by atoms with Crippen molar-refractivity contribution in [3.05, 3.63) is 36.4 Å². The SMILES string of the molecule is O=[N+]([O-])c1cc(I)cc(C(F)(F)F)c1Cl. The third-order valence-electron chi connectivity index (χ3n) is 1.52. The summed E-state index contributed by atoms with van der Waals surface area (Å²) in [7, 11) is 0. The van der Waals surface area contributed by atoms with Gasteiger partial charge in [0.2, 0.25) is 0 Å². The lowest BCUT2D eigenvalue weighted by Gasteiger charge is -2.09. The molecule has 15 heavy (non-hydrogen) atoms. The average Bonchev–Trinajstić information content (AvgIpc) is 2.06. The van der Waals surface area contributed by atoms with Crippen molar-refractivity contribution in [1.29, 1.82) is 0 Å². The minimum Gasteiger partial charge on any atom is -0.258 e. The predicted octanol–water partition coefficient (Wildman–Crippen LogP) is 3.87. The molecule has 0 radical (unpaired) electrons. The summed E-state index contributed by atoms with van der Waals surface area (Å²) in [6.07, 6.45) is -4.69. The Labute approximate surface area is 101 Å². The first-order chi connectivity index (χ1) is 6.73. The Kier molecular flexibility index (Phi) is 3.44. The van der Waals surface area contributed by atoms with E-state index < -0.39 is 27.4 Å². The van der Waals surface area contributed by atoms with Gasteiger partial charge in [-0.2, -0.15) is 13.2 Å². The van der Waals surface area contributed by atoms with E-state index in [1.807, 2.05) is 0 Å². The van der Waals surface area contributed by atoms with Gasteiger partial charge in [0.1, 0.15) is 5.02 Å². The van der Waals surface area contributed by atoms with Crippen LogP contribution in [0.15, 0.2) is 12.1 Å². The highest BCUT2D eigenvalue weighted by Crippen LogP contribution is 2.40. The van der Waals surface area contributed by atoms with Crippen molar-refractivity contribution >= 4 is 39.9 Å². The molecule has 0 fully saturated rings. The van der Waals surface area contributed by atoms with Crippen LogP contribution in [0.25, 0.3) is 0 Å². The second-order valence-corrected chi connectivity index (χ2v) is 4.16. The lowest BCUT2D eigenvalue weighted by Crippen LogP contribution is -2.07. The summed E-state index contributed by atoms with van der Waals surface area (Å²) < 4.78 is 37.2. The summed E-state index contributed by atoms with van der Waals surface area (Å²) in [6.45, 7) is 0. The second-order valence-electron chi connectivity index (χ2n) is 2.54. The van der Waals surface area contributed by atoms with Crippen molar-refractivity contribution in [1.82, 2.24) is 0 Å². The Hall–Kier alpha value is -0.570. The Morgan fingerprint density at radius 2 is 1.93 bits per heavy atom. The van der Waals surface area contributed by atoms with Crippen molar-refractivity contribution < 1.29 is 18.1 Å². The molecule has 0 aliphatic heterocycles. The molecule has 0 spiro atoms. The molecule has 0 unspecified atom stereocenters. The number of hydrogen-bond donors (Lipinski definition) is 0. The van der Waals surface area contributed by atoms with Gasteiger partial charge in [0, 0.05) is 9.64 Å². The number of nitro groups is 1. The molecule has 8 heteroatoms. The first-order valence-electron chi connectivity index (χ1n) is 3.44. The largest absolute Gasteiger partial charge is 0.418 e. The smallest absolute Gasteiger partial charge is 0.258 e. The summed E-state index contributed by atoms with van der Waals surface area (Å²) in [4.78, 5) is 9.46. The monoisotopic (exact) mass is 351 g/mol. The van der Waals surface area contributed by atoms with Gasteiger partial charge < -0.3 is 0 Å². The van der Waals surface area contributed by atoms with Crippen LogP contribution in [-0.2, 0) is 6.18 Å². The average molecular weight is 351 g/mol. The van der Waals surface area contributed by atoms with Gasteiger partial charge in [0.05, 0.1) is 10.5 Å². The number of hydrogen-bond acceptors (Lipinski definition) is 2. The van der Waals surface area contributed by atoms with Crippen LogP contribution < -0.4 is 0 Å². The highest BCUT2D eigenvalue weighted by atomic mass is 127. The Morgan fingerprint density at radius 1 is 1.40 bits per heavy atom. The molecule has 82 valence electrons. The first kappa shape index (κ1) is 12.5. The fourth-order valence-electron chi connectivity index (χ4n) is 0.914. The van der Waals surface area contributed by atoms with E-state index in [9.17, 15) is 23.3 Å². The molecule has 0 aliphatic carbocycles. The molecule has 0 heterocycles. The van der Waals surface area contributed by atoms with Gasteiger partial charge in [-0.1, -0.05) is 11.6 Å². The number of rotatable bonds is 1. The summed E-state index contributed by atoms with van der Waals surface area (Å²) >= 11 is 6.85. The molecule has 1 aromatic rings. The highest BCUT2D eigenvalue weighted by Gasteiger charge is 2.36. The summed E-state index contributed by atoms with van der Waals surface area (Å²) in [6, 6.07) is 1.74. The summed E-state index contributed by atoms with van der Waals surface area (Å²) in [5.41, 5.74) is -1.93. The molecule has 0 saturated carbocycles. The van der Waals surface area contributed by atoms with E-state index >= 15 is 0 Å². The molecule has 0 saturated heterocycles. The fourth-order valence-corrected chi connectivity index (χ4v) is 1.81. The van der Waals surface area contributed by atoms with Crippen molar-refractivity contribution in [2.24, 2.45) is 0 Å². The molecule has 0 amide bonds. The first-order valence-corrected chi connectivity index (χ1v) is 4.90. The van der Waals surface area contributed by atoms with Crippen LogP contribution in [0.3, 0.4) is 0 Å². The van der Waals surface area contributed by atoms with E-state index in [0.29, 0.717) is 0 Å². The van der Waals surface area contributed by atoms with Crippen LogP contribution in [0.2, 0.25) is 5.02 Å². The molecule has 0 aromatic heterocycles. The summed E-state index contributed by atoms with van der Waals surface area (Å²) in [5, 5.41) is 9.52. The maximum Gasteiger partial charge on any atom is 0.418 e. The minimum absolute atomic E-state index is 0.107.